The van der Waals surface area contributed by atoms with Crippen LogP contribution in [-0.2, 0) is 0 Å². The fraction of sp³-hybridized carbons (Fsp3) is 0.538. The molecule has 3 N–H and O–H groups in total. The predicted octanol–water partition coefficient (Wildman–Crippen LogP) is 2.88. The summed E-state index contributed by atoms with van der Waals surface area (Å²) in [5.41, 5.74) is 8.04. The first-order valence-corrected chi connectivity index (χ1v) is 5.81. The van der Waals surface area contributed by atoms with Crippen molar-refractivity contribution in [3.63, 3.8) is 0 Å². The van der Waals surface area contributed by atoms with Crippen molar-refractivity contribution < 1.29 is 4.74 Å². The Kier molecular flexibility index (Phi) is 2.70. The van der Waals surface area contributed by atoms with Gasteiger partial charge in [0.25, 0.3) is 0 Å². The molecule has 1 aromatic rings. The third-order valence-electron chi connectivity index (χ3n) is 3.09. The van der Waals surface area contributed by atoms with E-state index in [0.29, 0.717) is 18.1 Å². The summed E-state index contributed by atoms with van der Waals surface area (Å²) < 4.78 is 5.46. The minimum absolute atomic E-state index is 0.413. The van der Waals surface area contributed by atoms with Crippen molar-refractivity contribution in [2.75, 3.05) is 17.7 Å². The monoisotopic (exact) mass is 220 g/mol. The lowest BCUT2D eigenvalue weighted by Crippen LogP contribution is -2.08. The van der Waals surface area contributed by atoms with E-state index in [1.807, 2.05) is 25.1 Å². The molecule has 1 aromatic carbocycles. The molecule has 16 heavy (non-hydrogen) atoms. The van der Waals surface area contributed by atoms with Crippen LogP contribution in [0.3, 0.4) is 0 Å². The van der Waals surface area contributed by atoms with Crippen molar-refractivity contribution in [3.05, 3.63) is 18.2 Å². The van der Waals surface area contributed by atoms with E-state index >= 15 is 0 Å². The summed E-state index contributed by atoms with van der Waals surface area (Å²) in [5.74, 6) is 0.837. The molecule has 0 radical (unpaired) electrons. The Morgan fingerprint density at radius 2 is 2.12 bits per heavy atom. The van der Waals surface area contributed by atoms with Crippen LogP contribution in [0.1, 0.15) is 27.2 Å². The molecule has 0 amide bonds. The smallest absolute Gasteiger partial charge is 0.123 e. The Labute approximate surface area is 97.0 Å². The highest BCUT2D eigenvalue weighted by Gasteiger charge is 2.45. The maximum atomic E-state index is 5.83. The summed E-state index contributed by atoms with van der Waals surface area (Å²) >= 11 is 0. The molecule has 0 aliphatic heterocycles. The minimum atomic E-state index is 0.413. The van der Waals surface area contributed by atoms with Gasteiger partial charge in [-0.1, -0.05) is 13.8 Å². The molecule has 3 heteroatoms. The molecule has 1 saturated carbocycles. The van der Waals surface area contributed by atoms with Crippen molar-refractivity contribution in [2.45, 2.75) is 33.2 Å². The molecule has 1 fully saturated rings. The normalized spacial score (nSPS) is 21.6. The Bertz CT molecular complexity index is 388. The van der Waals surface area contributed by atoms with E-state index in [-0.39, 0.29) is 0 Å². The number of nitrogens with two attached hydrogens (primary N) is 1. The van der Waals surface area contributed by atoms with E-state index in [1.165, 1.54) is 6.42 Å². The van der Waals surface area contributed by atoms with Gasteiger partial charge in [-0.25, -0.2) is 0 Å². The molecular formula is C13H20N2O. The molecule has 0 aromatic heterocycles. The third-order valence-corrected chi connectivity index (χ3v) is 3.09. The Hall–Kier alpha value is -1.38. The van der Waals surface area contributed by atoms with Crippen LogP contribution in [0, 0.1) is 5.41 Å². The predicted molar refractivity (Wildman–Crippen MR) is 67.8 cm³/mol. The largest absolute Gasteiger partial charge is 0.494 e. The topological polar surface area (TPSA) is 47.3 Å². The first-order chi connectivity index (χ1) is 7.51. The van der Waals surface area contributed by atoms with Crippen LogP contribution in [0.25, 0.3) is 0 Å². The van der Waals surface area contributed by atoms with E-state index in [1.54, 1.807) is 0 Å². The molecule has 3 nitrogen and oxygen atoms in total. The Balaban J connectivity index is 2.09. The van der Waals surface area contributed by atoms with Crippen molar-refractivity contribution in [3.8, 4) is 5.75 Å². The van der Waals surface area contributed by atoms with E-state index in [0.717, 1.165) is 17.1 Å². The van der Waals surface area contributed by atoms with Crippen LogP contribution < -0.4 is 15.8 Å². The van der Waals surface area contributed by atoms with Gasteiger partial charge in [-0.15, -0.1) is 0 Å². The van der Waals surface area contributed by atoms with E-state index in [2.05, 4.69) is 19.2 Å². The lowest BCUT2D eigenvalue weighted by Gasteiger charge is -2.11. The fourth-order valence-corrected chi connectivity index (χ4v) is 1.87. The number of ether oxygens (including phenoxy) is 1. The number of hydrogen-bond donors (Lipinski definition) is 2. The fourth-order valence-electron chi connectivity index (χ4n) is 1.87. The molecule has 0 saturated heterocycles. The van der Waals surface area contributed by atoms with Crippen molar-refractivity contribution >= 4 is 11.4 Å². The highest BCUT2D eigenvalue weighted by atomic mass is 16.5. The number of nitrogens with one attached hydrogen (secondary N) is 1. The number of hydrogen-bond acceptors (Lipinski definition) is 3. The van der Waals surface area contributed by atoms with Gasteiger partial charge in [0.2, 0.25) is 0 Å². The Morgan fingerprint density at radius 3 is 2.69 bits per heavy atom. The van der Waals surface area contributed by atoms with Gasteiger partial charge >= 0.3 is 0 Å². The zero-order chi connectivity index (χ0) is 11.8. The molecule has 2 rings (SSSR count). The second-order valence-corrected chi connectivity index (χ2v) is 5.11. The van der Waals surface area contributed by atoms with E-state index in [4.69, 9.17) is 10.5 Å². The van der Waals surface area contributed by atoms with Gasteiger partial charge in [0.05, 0.1) is 6.61 Å². The van der Waals surface area contributed by atoms with Crippen LogP contribution in [0.2, 0.25) is 0 Å². The second kappa shape index (κ2) is 3.89. The molecule has 0 heterocycles. The molecule has 88 valence electrons. The van der Waals surface area contributed by atoms with Gasteiger partial charge in [0.1, 0.15) is 5.75 Å². The lowest BCUT2D eigenvalue weighted by atomic mass is 10.2. The molecule has 1 unspecified atom stereocenters. The van der Waals surface area contributed by atoms with Crippen LogP contribution in [0.5, 0.6) is 5.75 Å². The van der Waals surface area contributed by atoms with Crippen LogP contribution in [0.4, 0.5) is 11.4 Å². The van der Waals surface area contributed by atoms with Gasteiger partial charge in [-0.2, -0.15) is 0 Å². The summed E-state index contributed by atoms with van der Waals surface area (Å²) in [4.78, 5) is 0. The molecule has 0 spiro atoms. The minimum Gasteiger partial charge on any atom is -0.494 e. The summed E-state index contributed by atoms with van der Waals surface area (Å²) in [6.45, 7) is 7.17. The number of anilines is 2. The maximum Gasteiger partial charge on any atom is 0.123 e. The standard InChI is InChI=1S/C13H20N2O/c1-4-16-11-6-9(14)5-10(7-11)15-12-8-13(12,2)3/h5-7,12,15H,4,8,14H2,1-3H3. The van der Waals surface area contributed by atoms with Crippen LogP contribution in [0.15, 0.2) is 18.2 Å². The maximum absolute atomic E-state index is 5.83. The zero-order valence-electron chi connectivity index (χ0n) is 10.2. The van der Waals surface area contributed by atoms with Crippen molar-refractivity contribution in [2.24, 2.45) is 5.41 Å². The number of nitrogen functional groups attached to an aromatic ring is 1. The molecule has 1 aliphatic rings. The van der Waals surface area contributed by atoms with E-state index in [9.17, 15) is 0 Å². The van der Waals surface area contributed by atoms with Gasteiger partial charge in [-0.05, 0) is 24.8 Å². The van der Waals surface area contributed by atoms with Gasteiger partial charge < -0.3 is 15.8 Å². The van der Waals surface area contributed by atoms with Crippen LogP contribution in [-0.4, -0.2) is 12.6 Å². The summed E-state index contributed by atoms with van der Waals surface area (Å²) in [6, 6.07) is 6.38. The van der Waals surface area contributed by atoms with Gasteiger partial charge in [-0.3, -0.25) is 0 Å². The van der Waals surface area contributed by atoms with Gasteiger partial charge in [0, 0.05) is 29.5 Å². The number of benzene rings is 1. The second-order valence-electron chi connectivity index (χ2n) is 5.11. The lowest BCUT2D eigenvalue weighted by molar-refractivity contribution is 0.340. The first-order valence-electron chi connectivity index (χ1n) is 5.81. The highest BCUT2D eigenvalue weighted by molar-refractivity contribution is 5.60. The van der Waals surface area contributed by atoms with Crippen molar-refractivity contribution in [1.82, 2.24) is 0 Å². The molecular weight excluding hydrogens is 200 g/mol. The molecule has 0 bridgehead atoms. The molecule has 1 atom stereocenters. The third kappa shape index (κ3) is 2.40. The van der Waals surface area contributed by atoms with Crippen LogP contribution >= 0.6 is 0 Å². The quantitative estimate of drug-likeness (QED) is 0.767. The van der Waals surface area contributed by atoms with Crippen molar-refractivity contribution in [1.29, 1.82) is 0 Å². The summed E-state index contributed by atoms with van der Waals surface area (Å²) in [5, 5.41) is 3.49. The zero-order valence-corrected chi connectivity index (χ0v) is 10.2. The summed E-state index contributed by atoms with van der Waals surface area (Å²) in [6.07, 6.45) is 1.21. The SMILES string of the molecule is CCOc1cc(N)cc(NC2CC2(C)C)c1. The van der Waals surface area contributed by atoms with E-state index < -0.39 is 0 Å². The highest BCUT2D eigenvalue weighted by Crippen LogP contribution is 2.46. The average molecular weight is 220 g/mol. The molecule has 1 aliphatic carbocycles. The first kappa shape index (κ1) is 11.1. The van der Waals surface area contributed by atoms with Gasteiger partial charge in [0.15, 0.2) is 0 Å². The number of rotatable bonds is 4. The summed E-state index contributed by atoms with van der Waals surface area (Å²) in [7, 11) is 0. The Morgan fingerprint density at radius 1 is 1.44 bits per heavy atom. The average Bonchev–Trinajstić information content (AvgIpc) is 2.72.